The standard InChI is InChI=1S/C14H20N2O3/c1-3-12(9-17)16-14(19)13(18)15-8-11-6-4-5-10(2)7-11/h4-7,12,17H,3,8-9H2,1-2H3,(H,15,18)(H,16,19)/t12-/m0/s1. The molecule has 1 aromatic carbocycles. The van der Waals surface area contributed by atoms with Crippen LogP contribution in [0, 0.1) is 6.92 Å². The quantitative estimate of drug-likeness (QED) is 0.678. The summed E-state index contributed by atoms with van der Waals surface area (Å²) in [6.07, 6.45) is 0.577. The molecule has 0 saturated heterocycles. The lowest BCUT2D eigenvalue weighted by molar-refractivity contribution is -0.139. The molecule has 5 heteroatoms. The van der Waals surface area contributed by atoms with Crippen molar-refractivity contribution in [1.82, 2.24) is 10.6 Å². The molecule has 1 rings (SSSR count). The third-order valence-electron chi connectivity index (χ3n) is 2.79. The van der Waals surface area contributed by atoms with Crippen LogP contribution >= 0.6 is 0 Å². The number of aliphatic hydroxyl groups is 1. The molecule has 0 unspecified atom stereocenters. The van der Waals surface area contributed by atoms with Gasteiger partial charge in [-0.25, -0.2) is 0 Å². The van der Waals surface area contributed by atoms with E-state index in [9.17, 15) is 9.59 Å². The van der Waals surface area contributed by atoms with Crippen molar-refractivity contribution < 1.29 is 14.7 Å². The molecule has 0 aliphatic carbocycles. The number of carbonyl (C=O) groups is 2. The van der Waals surface area contributed by atoms with Gasteiger partial charge in [0.05, 0.1) is 12.6 Å². The minimum atomic E-state index is -0.714. The van der Waals surface area contributed by atoms with E-state index in [1.807, 2.05) is 38.1 Å². The molecular formula is C14H20N2O3. The Hall–Kier alpha value is -1.88. The summed E-state index contributed by atoms with van der Waals surface area (Å²) >= 11 is 0. The van der Waals surface area contributed by atoms with Crippen LogP contribution in [0.1, 0.15) is 24.5 Å². The summed E-state index contributed by atoms with van der Waals surface area (Å²) in [4.78, 5) is 23.1. The van der Waals surface area contributed by atoms with Gasteiger partial charge in [0.2, 0.25) is 0 Å². The van der Waals surface area contributed by atoms with Crippen molar-refractivity contribution >= 4 is 11.8 Å². The first-order valence-electron chi connectivity index (χ1n) is 6.32. The lowest BCUT2D eigenvalue weighted by atomic mass is 10.1. The summed E-state index contributed by atoms with van der Waals surface area (Å²) < 4.78 is 0. The molecule has 5 nitrogen and oxygen atoms in total. The second-order valence-corrected chi connectivity index (χ2v) is 4.43. The number of amides is 2. The normalized spacial score (nSPS) is 11.7. The van der Waals surface area contributed by atoms with Crippen molar-refractivity contribution in [3.05, 3.63) is 35.4 Å². The molecular weight excluding hydrogens is 244 g/mol. The molecule has 1 aromatic rings. The first kappa shape index (κ1) is 15.2. The smallest absolute Gasteiger partial charge is 0.309 e. The third-order valence-corrected chi connectivity index (χ3v) is 2.79. The molecule has 0 saturated carbocycles. The number of carbonyl (C=O) groups excluding carboxylic acids is 2. The Morgan fingerprint density at radius 2 is 2.05 bits per heavy atom. The number of hydrogen-bond donors (Lipinski definition) is 3. The van der Waals surface area contributed by atoms with Gasteiger partial charge in [-0.15, -0.1) is 0 Å². The zero-order valence-corrected chi connectivity index (χ0v) is 11.3. The third kappa shape index (κ3) is 5.09. The number of benzene rings is 1. The van der Waals surface area contributed by atoms with Crippen molar-refractivity contribution in [2.45, 2.75) is 32.9 Å². The van der Waals surface area contributed by atoms with Gasteiger partial charge in [0, 0.05) is 6.54 Å². The van der Waals surface area contributed by atoms with Crippen LogP contribution < -0.4 is 10.6 Å². The monoisotopic (exact) mass is 264 g/mol. The summed E-state index contributed by atoms with van der Waals surface area (Å²) in [5, 5.41) is 14.0. The minimum Gasteiger partial charge on any atom is -0.394 e. The average molecular weight is 264 g/mol. The molecule has 3 N–H and O–H groups in total. The second kappa shape index (κ2) is 7.53. The van der Waals surface area contributed by atoms with Gasteiger partial charge in [-0.1, -0.05) is 36.8 Å². The van der Waals surface area contributed by atoms with Crippen LogP contribution in [-0.4, -0.2) is 29.6 Å². The topological polar surface area (TPSA) is 78.4 Å². The van der Waals surface area contributed by atoms with Crippen molar-refractivity contribution in [3.8, 4) is 0 Å². The van der Waals surface area contributed by atoms with Crippen LogP contribution in [0.5, 0.6) is 0 Å². The first-order valence-corrected chi connectivity index (χ1v) is 6.32. The van der Waals surface area contributed by atoms with Gasteiger partial charge in [0.25, 0.3) is 0 Å². The molecule has 19 heavy (non-hydrogen) atoms. The van der Waals surface area contributed by atoms with E-state index in [1.165, 1.54) is 0 Å². The maximum Gasteiger partial charge on any atom is 0.309 e. The van der Waals surface area contributed by atoms with Crippen molar-refractivity contribution in [2.75, 3.05) is 6.61 Å². The van der Waals surface area contributed by atoms with E-state index in [4.69, 9.17) is 5.11 Å². The molecule has 0 spiro atoms. The molecule has 1 atom stereocenters. The molecule has 0 heterocycles. The van der Waals surface area contributed by atoms with E-state index >= 15 is 0 Å². The van der Waals surface area contributed by atoms with Crippen LogP contribution in [0.15, 0.2) is 24.3 Å². The molecule has 0 aliphatic rings. The number of hydrogen-bond acceptors (Lipinski definition) is 3. The molecule has 0 fully saturated rings. The fraction of sp³-hybridized carbons (Fsp3) is 0.429. The summed E-state index contributed by atoms with van der Waals surface area (Å²) in [6.45, 7) is 3.92. The van der Waals surface area contributed by atoms with E-state index < -0.39 is 11.8 Å². The Kier molecular flexibility index (Phi) is 6.02. The number of aryl methyl sites for hydroxylation is 1. The van der Waals surface area contributed by atoms with Crippen LogP contribution in [-0.2, 0) is 16.1 Å². The summed E-state index contributed by atoms with van der Waals surface area (Å²) in [5.74, 6) is -1.40. The SMILES string of the molecule is CC[C@@H](CO)NC(=O)C(=O)NCc1cccc(C)c1. The van der Waals surface area contributed by atoms with Crippen molar-refractivity contribution in [2.24, 2.45) is 0 Å². The Morgan fingerprint density at radius 3 is 2.63 bits per heavy atom. The van der Waals surface area contributed by atoms with Gasteiger partial charge < -0.3 is 15.7 Å². The lowest BCUT2D eigenvalue weighted by Crippen LogP contribution is -2.45. The van der Waals surface area contributed by atoms with Gasteiger partial charge in [0.1, 0.15) is 0 Å². The predicted octanol–water partition coefficient (Wildman–Crippen LogP) is 0.498. The second-order valence-electron chi connectivity index (χ2n) is 4.43. The van der Waals surface area contributed by atoms with Crippen LogP contribution in [0.4, 0.5) is 0 Å². The van der Waals surface area contributed by atoms with Crippen molar-refractivity contribution in [3.63, 3.8) is 0 Å². The van der Waals surface area contributed by atoms with Gasteiger partial charge >= 0.3 is 11.8 Å². The Morgan fingerprint density at radius 1 is 1.32 bits per heavy atom. The van der Waals surface area contributed by atoms with Gasteiger partial charge in [-0.05, 0) is 18.9 Å². The lowest BCUT2D eigenvalue weighted by Gasteiger charge is -2.13. The van der Waals surface area contributed by atoms with Crippen LogP contribution in [0.3, 0.4) is 0 Å². The summed E-state index contributed by atoms with van der Waals surface area (Å²) in [6, 6.07) is 7.31. The van der Waals surface area contributed by atoms with E-state index in [1.54, 1.807) is 0 Å². The first-order chi connectivity index (χ1) is 9.06. The molecule has 0 aliphatic heterocycles. The average Bonchev–Trinajstić information content (AvgIpc) is 2.41. The van der Waals surface area contributed by atoms with E-state index in [0.29, 0.717) is 13.0 Å². The van der Waals surface area contributed by atoms with Gasteiger partial charge in [-0.3, -0.25) is 9.59 Å². The number of aliphatic hydroxyl groups excluding tert-OH is 1. The van der Waals surface area contributed by atoms with Gasteiger partial charge in [-0.2, -0.15) is 0 Å². The minimum absolute atomic E-state index is 0.173. The van der Waals surface area contributed by atoms with Gasteiger partial charge in [0.15, 0.2) is 0 Å². The van der Waals surface area contributed by atoms with E-state index in [-0.39, 0.29) is 12.6 Å². The molecule has 104 valence electrons. The molecule has 0 aromatic heterocycles. The zero-order chi connectivity index (χ0) is 14.3. The number of nitrogens with one attached hydrogen (secondary N) is 2. The molecule has 0 radical (unpaired) electrons. The van der Waals surface area contributed by atoms with Crippen molar-refractivity contribution in [1.29, 1.82) is 0 Å². The van der Waals surface area contributed by atoms with E-state index in [0.717, 1.165) is 11.1 Å². The largest absolute Gasteiger partial charge is 0.394 e. The maximum atomic E-state index is 11.6. The highest BCUT2D eigenvalue weighted by molar-refractivity contribution is 6.35. The molecule has 2 amide bonds. The highest BCUT2D eigenvalue weighted by Crippen LogP contribution is 2.03. The highest BCUT2D eigenvalue weighted by atomic mass is 16.3. The Balaban J connectivity index is 2.44. The van der Waals surface area contributed by atoms with Crippen LogP contribution in [0.25, 0.3) is 0 Å². The highest BCUT2D eigenvalue weighted by Gasteiger charge is 2.16. The summed E-state index contributed by atoms with van der Waals surface area (Å²) in [5.41, 5.74) is 2.04. The fourth-order valence-corrected chi connectivity index (χ4v) is 1.61. The van der Waals surface area contributed by atoms with E-state index in [2.05, 4.69) is 10.6 Å². The Bertz CT molecular complexity index is 442. The van der Waals surface area contributed by atoms with Crippen LogP contribution in [0.2, 0.25) is 0 Å². The zero-order valence-electron chi connectivity index (χ0n) is 11.3. The Labute approximate surface area is 113 Å². The number of rotatable bonds is 5. The fourth-order valence-electron chi connectivity index (χ4n) is 1.61. The maximum absolute atomic E-state index is 11.6. The predicted molar refractivity (Wildman–Crippen MR) is 72.3 cm³/mol. The summed E-state index contributed by atoms with van der Waals surface area (Å²) in [7, 11) is 0. The molecule has 0 bridgehead atoms.